The number of carbonyl (C=O) groups excluding carboxylic acids is 1. The van der Waals surface area contributed by atoms with Gasteiger partial charge in [0, 0.05) is 44.0 Å². The molecule has 2 aromatic rings. The molecule has 0 unspecified atom stereocenters. The molecule has 0 aromatic carbocycles. The van der Waals surface area contributed by atoms with Gasteiger partial charge < -0.3 is 14.6 Å². The van der Waals surface area contributed by atoms with Crippen molar-refractivity contribution >= 4 is 16.9 Å². The molecule has 0 aliphatic carbocycles. The molecular weight excluding hydrogens is 304 g/mol. The summed E-state index contributed by atoms with van der Waals surface area (Å²) < 4.78 is 7.41. The van der Waals surface area contributed by atoms with Crippen LogP contribution in [0.3, 0.4) is 0 Å². The van der Waals surface area contributed by atoms with E-state index in [-0.39, 0.29) is 5.91 Å². The molecule has 24 heavy (non-hydrogen) atoms. The Morgan fingerprint density at radius 1 is 1.33 bits per heavy atom. The van der Waals surface area contributed by atoms with Gasteiger partial charge >= 0.3 is 0 Å². The van der Waals surface area contributed by atoms with E-state index in [1.165, 1.54) is 0 Å². The molecule has 0 saturated carbocycles. The third kappa shape index (κ3) is 3.94. The quantitative estimate of drug-likeness (QED) is 0.788. The first kappa shape index (κ1) is 16.9. The number of aromatic nitrogens is 2. The first-order chi connectivity index (χ1) is 11.8. The van der Waals surface area contributed by atoms with E-state index in [1.54, 1.807) is 6.20 Å². The fourth-order valence-electron chi connectivity index (χ4n) is 3.14. The molecule has 1 amide bonds. The highest BCUT2D eigenvalue weighted by atomic mass is 16.5. The van der Waals surface area contributed by atoms with Crippen molar-refractivity contribution in [1.29, 1.82) is 0 Å². The van der Waals surface area contributed by atoms with Gasteiger partial charge in [0.15, 0.2) is 0 Å². The van der Waals surface area contributed by atoms with Crippen molar-refractivity contribution < 1.29 is 9.53 Å². The lowest BCUT2D eigenvalue weighted by molar-refractivity contribution is 0.0374. The van der Waals surface area contributed by atoms with Crippen molar-refractivity contribution in [1.82, 2.24) is 19.8 Å². The lowest BCUT2D eigenvalue weighted by Crippen LogP contribution is -2.38. The minimum absolute atomic E-state index is 0.00942. The zero-order chi connectivity index (χ0) is 16.8. The molecule has 6 heteroatoms. The molecule has 0 radical (unpaired) electrons. The van der Waals surface area contributed by atoms with Gasteiger partial charge in [-0.1, -0.05) is 6.92 Å². The molecular formula is C18H26N4O2. The van der Waals surface area contributed by atoms with E-state index in [1.807, 2.05) is 18.3 Å². The molecule has 130 valence electrons. The second-order valence-corrected chi connectivity index (χ2v) is 6.17. The van der Waals surface area contributed by atoms with Crippen LogP contribution in [0.4, 0.5) is 0 Å². The van der Waals surface area contributed by atoms with Crippen LogP contribution in [-0.2, 0) is 11.3 Å². The van der Waals surface area contributed by atoms with Crippen LogP contribution in [0.2, 0.25) is 0 Å². The van der Waals surface area contributed by atoms with Crippen LogP contribution in [-0.4, -0.2) is 59.8 Å². The Hall–Kier alpha value is -1.92. The Kier molecular flexibility index (Phi) is 5.82. The van der Waals surface area contributed by atoms with Gasteiger partial charge in [-0.05, 0) is 31.5 Å². The highest BCUT2D eigenvalue weighted by molar-refractivity contribution is 6.06. The number of fused-ring (bicyclic) bond motifs is 1. The molecule has 6 nitrogen and oxygen atoms in total. The maximum atomic E-state index is 12.5. The molecule has 1 N–H and O–H groups in total. The summed E-state index contributed by atoms with van der Waals surface area (Å²) in [6.45, 7) is 8.30. The molecule has 1 saturated heterocycles. The average molecular weight is 330 g/mol. The zero-order valence-corrected chi connectivity index (χ0v) is 14.3. The van der Waals surface area contributed by atoms with Crippen molar-refractivity contribution in [3.05, 3.63) is 30.1 Å². The van der Waals surface area contributed by atoms with Crippen LogP contribution in [0.1, 0.15) is 30.1 Å². The molecule has 1 aliphatic rings. The topological polar surface area (TPSA) is 59.4 Å². The fourth-order valence-corrected chi connectivity index (χ4v) is 3.14. The lowest BCUT2D eigenvalue weighted by atomic mass is 10.2. The number of aryl methyl sites for hydroxylation is 1. The Balaban J connectivity index is 1.57. The molecule has 2 aromatic heterocycles. The molecule has 0 spiro atoms. The summed E-state index contributed by atoms with van der Waals surface area (Å²) in [6.07, 6.45) is 5.68. The van der Waals surface area contributed by atoms with E-state index in [0.717, 1.165) is 68.8 Å². The number of nitrogens with one attached hydrogen (secondary N) is 1. The third-order valence-electron chi connectivity index (χ3n) is 4.38. The van der Waals surface area contributed by atoms with Crippen LogP contribution in [0.5, 0.6) is 0 Å². The lowest BCUT2D eigenvalue weighted by Gasteiger charge is -2.26. The second-order valence-electron chi connectivity index (χ2n) is 6.17. The van der Waals surface area contributed by atoms with Gasteiger partial charge in [-0.2, -0.15) is 0 Å². The molecule has 0 atom stereocenters. The van der Waals surface area contributed by atoms with E-state index in [0.29, 0.717) is 6.54 Å². The number of rotatable bonds is 7. The summed E-state index contributed by atoms with van der Waals surface area (Å²) in [7, 11) is 0. The number of carbonyl (C=O) groups is 1. The SMILES string of the molecule is CCCn1cc(C(=O)NCCCN2CCOCC2)c2cccnc21. The number of ether oxygens (including phenoxy) is 1. The molecule has 1 fully saturated rings. The normalized spacial score (nSPS) is 15.7. The molecule has 3 heterocycles. The van der Waals surface area contributed by atoms with Gasteiger partial charge in [0.25, 0.3) is 5.91 Å². The average Bonchev–Trinajstić information content (AvgIpc) is 2.99. The van der Waals surface area contributed by atoms with Crippen LogP contribution < -0.4 is 5.32 Å². The Bertz CT molecular complexity index is 677. The number of pyridine rings is 1. The minimum atomic E-state index is -0.00942. The molecule has 3 rings (SSSR count). The number of nitrogens with zero attached hydrogens (tertiary/aromatic N) is 3. The van der Waals surface area contributed by atoms with E-state index >= 15 is 0 Å². The van der Waals surface area contributed by atoms with Crippen molar-refractivity contribution in [2.45, 2.75) is 26.3 Å². The first-order valence-corrected chi connectivity index (χ1v) is 8.81. The van der Waals surface area contributed by atoms with Gasteiger partial charge in [0.05, 0.1) is 18.8 Å². The maximum absolute atomic E-state index is 12.5. The van der Waals surface area contributed by atoms with E-state index in [2.05, 4.69) is 26.7 Å². The summed E-state index contributed by atoms with van der Waals surface area (Å²) in [5, 5.41) is 3.98. The van der Waals surface area contributed by atoms with E-state index < -0.39 is 0 Å². The number of hydrogen-bond donors (Lipinski definition) is 1. The van der Waals surface area contributed by atoms with E-state index in [4.69, 9.17) is 4.74 Å². The Labute approximate surface area is 142 Å². The summed E-state index contributed by atoms with van der Waals surface area (Å²) in [6, 6.07) is 3.85. The first-order valence-electron chi connectivity index (χ1n) is 8.81. The van der Waals surface area contributed by atoms with Gasteiger partial charge in [0.2, 0.25) is 0 Å². The smallest absolute Gasteiger partial charge is 0.253 e. The second kappa shape index (κ2) is 8.26. The predicted molar refractivity (Wildman–Crippen MR) is 94.2 cm³/mol. The summed E-state index contributed by atoms with van der Waals surface area (Å²) >= 11 is 0. The summed E-state index contributed by atoms with van der Waals surface area (Å²) in [4.78, 5) is 19.3. The van der Waals surface area contributed by atoms with Crippen LogP contribution >= 0.6 is 0 Å². The van der Waals surface area contributed by atoms with Crippen molar-refractivity contribution in [2.75, 3.05) is 39.4 Å². The number of amides is 1. The molecule has 0 bridgehead atoms. The highest BCUT2D eigenvalue weighted by Gasteiger charge is 2.15. The van der Waals surface area contributed by atoms with Gasteiger partial charge in [-0.15, -0.1) is 0 Å². The predicted octanol–water partition coefficient (Wildman–Crippen LogP) is 1.90. The Morgan fingerprint density at radius 3 is 2.96 bits per heavy atom. The van der Waals surface area contributed by atoms with E-state index in [9.17, 15) is 4.79 Å². The van der Waals surface area contributed by atoms with Crippen molar-refractivity contribution in [3.8, 4) is 0 Å². The zero-order valence-electron chi connectivity index (χ0n) is 14.3. The monoisotopic (exact) mass is 330 g/mol. The highest BCUT2D eigenvalue weighted by Crippen LogP contribution is 2.19. The van der Waals surface area contributed by atoms with Crippen LogP contribution in [0, 0.1) is 0 Å². The number of hydrogen-bond acceptors (Lipinski definition) is 4. The van der Waals surface area contributed by atoms with Crippen molar-refractivity contribution in [2.24, 2.45) is 0 Å². The largest absolute Gasteiger partial charge is 0.379 e. The van der Waals surface area contributed by atoms with Gasteiger partial charge in [-0.3, -0.25) is 9.69 Å². The number of morpholine rings is 1. The Morgan fingerprint density at radius 2 is 2.17 bits per heavy atom. The van der Waals surface area contributed by atoms with Gasteiger partial charge in [-0.25, -0.2) is 4.98 Å². The van der Waals surface area contributed by atoms with Crippen molar-refractivity contribution in [3.63, 3.8) is 0 Å². The van der Waals surface area contributed by atoms with Gasteiger partial charge in [0.1, 0.15) is 5.65 Å². The standard InChI is InChI=1S/C18H26N4O2/c1-2-8-22-14-16(15-5-3-6-19-17(15)22)18(23)20-7-4-9-21-10-12-24-13-11-21/h3,5-6,14H,2,4,7-13H2,1H3,(H,20,23). The summed E-state index contributed by atoms with van der Waals surface area (Å²) in [5.74, 6) is -0.00942. The third-order valence-corrected chi connectivity index (χ3v) is 4.38. The molecule has 1 aliphatic heterocycles. The van der Waals surface area contributed by atoms with Crippen LogP contribution in [0.25, 0.3) is 11.0 Å². The maximum Gasteiger partial charge on any atom is 0.253 e. The minimum Gasteiger partial charge on any atom is -0.379 e. The summed E-state index contributed by atoms with van der Waals surface area (Å²) in [5.41, 5.74) is 1.61. The fraction of sp³-hybridized carbons (Fsp3) is 0.556. The van der Waals surface area contributed by atoms with Crippen LogP contribution in [0.15, 0.2) is 24.5 Å².